The molecule has 1 fully saturated rings. The van der Waals surface area contributed by atoms with Gasteiger partial charge in [0.1, 0.15) is 0 Å². The summed E-state index contributed by atoms with van der Waals surface area (Å²) in [6.07, 6.45) is 4.65. The molecule has 0 amide bonds. The van der Waals surface area contributed by atoms with Crippen LogP contribution in [0.15, 0.2) is 0 Å². The van der Waals surface area contributed by atoms with E-state index in [1.54, 1.807) is 0 Å². The van der Waals surface area contributed by atoms with E-state index in [2.05, 4.69) is 27.3 Å². The Morgan fingerprint density at radius 2 is 2.06 bits per heavy atom. The molecular formula is C12H24N6. The zero-order valence-electron chi connectivity index (χ0n) is 11.3. The van der Waals surface area contributed by atoms with Gasteiger partial charge in [0, 0.05) is 6.54 Å². The summed E-state index contributed by atoms with van der Waals surface area (Å²) in [5.41, 5.74) is 5.50. The van der Waals surface area contributed by atoms with Crippen molar-refractivity contribution in [2.24, 2.45) is 11.7 Å². The van der Waals surface area contributed by atoms with Crippen LogP contribution in [0.1, 0.15) is 38.4 Å². The molecular weight excluding hydrogens is 228 g/mol. The summed E-state index contributed by atoms with van der Waals surface area (Å²) in [6.45, 7) is 7.15. The second-order valence-electron chi connectivity index (χ2n) is 5.27. The lowest BCUT2D eigenvalue weighted by atomic mass is 9.99. The van der Waals surface area contributed by atoms with Gasteiger partial charge < -0.3 is 5.73 Å². The summed E-state index contributed by atoms with van der Waals surface area (Å²) in [5.74, 6) is 1.85. The number of nitrogens with two attached hydrogens (primary N) is 1. The number of hydrogen-bond donors (Lipinski definition) is 1. The summed E-state index contributed by atoms with van der Waals surface area (Å²) in [6, 6.07) is 0. The third kappa shape index (κ3) is 3.74. The van der Waals surface area contributed by atoms with Crippen LogP contribution in [-0.2, 0) is 13.1 Å². The molecule has 0 aliphatic carbocycles. The molecule has 1 aliphatic rings. The van der Waals surface area contributed by atoms with Crippen molar-refractivity contribution >= 4 is 0 Å². The molecule has 2 N–H and O–H groups in total. The molecule has 0 bridgehead atoms. The highest BCUT2D eigenvalue weighted by atomic mass is 15.5. The Morgan fingerprint density at radius 1 is 1.28 bits per heavy atom. The van der Waals surface area contributed by atoms with Crippen LogP contribution in [0.5, 0.6) is 0 Å². The van der Waals surface area contributed by atoms with E-state index in [9.17, 15) is 0 Å². The quantitative estimate of drug-likeness (QED) is 0.752. The van der Waals surface area contributed by atoms with Gasteiger partial charge in [-0.15, -0.1) is 5.10 Å². The first-order valence-electron chi connectivity index (χ1n) is 6.97. The highest BCUT2D eigenvalue weighted by molar-refractivity contribution is 4.83. The van der Waals surface area contributed by atoms with Gasteiger partial charge in [0.15, 0.2) is 5.82 Å². The van der Waals surface area contributed by atoms with Gasteiger partial charge in [-0.1, -0.05) is 6.92 Å². The van der Waals surface area contributed by atoms with Crippen molar-refractivity contribution < 1.29 is 0 Å². The van der Waals surface area contributed by atoms with Gasteiger partial charge in [-0.05, 0) is 61.7 Å². The van der Waals surface area contributed by atoms with Crippen LogP contribution in [0.2, 0.25) is 0 Å². The summed E-state index contributed by atoms with van der Waals surface area (Å²) in [5, 5.41) is 12.0. The highest BCUT2D eigenvalue weighted by Crippen LogP contribution is 2.17. The molecule has 1 aromatic rings. The van der Waals surface area contributed by atoms with Crippen LogP contribution in [0.4, 0.5) is 0 Å². The van der Waals surface area contributed by atoms with Crippen molar-refractivity contribution in [2.75, 3.05) is 19.6 Å². The van der Waals surface area contributed by atoms with Crippen LogP contribution in [0, 0.1) is 5.92 Å². The van der Waals surface area contributed by atoms with E-state index in [1.807, 2.05) is 4.68 Å². The fourth-order valence-electron chi connectivity index (χ4n) is 2.34. The highest BCUT2D eigenvalue weighted by Gasteiger charge is 2.18. The van der Waals surface area contributed by atoms with Gasteiger partial charge in [-0.2, -0.15) is 0 Å². The minimum atomic E-state index is 0.738. The Hall–Kier alpha value is -1.01. The maximum absolute atomic E-state index is 5.50. The minimum absolute atomic E-state index is 0.738. The number of aromatic nitrogens is 4. The molecule has 0 atom stereocenters. The van der Waals surface area contributed by atoms with E-state index >= 15 is 0 Å². The first-order chi connectivity index (χ1) is 8.79. The van der Waals surface area contributed by atoms with Crippen molar-refractivity contribution in [2.45, 2.75) is 45.7 Å². The minimum Gasteiger partial charge on any atom is -0.330 e. The van der Waals surface area contributed by atoms with Gasteiger partial charge >= 0.3 is 0 Å². The molecule has 0 unspecified atom stereocenters. The van der Waals surface area contributed by atoms with Crippen molar-refractivity contribution in [3.8, 4) is 0 Å². The Balaban J connectivity index is 1.83. The Morgan fingerprint density at radius 3 is 2.78 bits per heavy atom. The second-order valence-corrected chi connectivity index (χ2v) is 5.27. The molecule has 6 nitrogen and oxygen atoms in total. The molecule has 0 aromatic carbocycles. The van der Waals surface area contributed by atoms with Crippen LogP contribution in [0.25, 0.3) is 0 Å². The van der Waals surface area contributed by atoms with E-state index in [0.717, 1.165) is 57.3 Å². The number of hydrogen-bond acceptors (Lipinski definition) is 5. The summed E-state index contributed by atoms with van der Waals surface area (Å²) >= 11 is 0. The number of likely N-dealkylation sites (tertiary alicyclic amines) is 1. The zero-order valence-corrected chi connectivity index (χ0v) is 11.3. The maximum Gasteiger partial charge on any atom is 0.165 e. The maximum atomic E-state index is 5.50. The van der Waals surface area contributed by atoms with Crippen molar-refractivity contribution in [1.82, 2.24) is 25.1 Å². The van der Waals surface area contributed by atoms with Gasteiger partial charge in [0.05, 0.1) is 6.54 Å². The normalized spacial score (nSPS) is 18.3. The van der Waals surface area contributed by atoms with Gasteiger partial charge in [-0.3, -0.25) is 4.90 Å². The topological polar surface area (TPSA) is 72.9 Å². The first-order valence-corrected chi connectivity index (χ1v) is 6.97. The Labute approximate surface area is 109 Å². The Kier molecular flexibility index (Phi) is 5.07. The predicted octanol–water partition coefficient (Wildman–Crippen LogP) is 0.644. The molecule has 0 radical (unpaired) electrons. The van der Waals surface area contributed by atoms with Crippen molar-refractivity contribution in [3.05, 3.63) is 5.82 Å². The lowest BCUT2D eigenvalue weighted by molar-refractivity contribution is 0.178. The molecule has 1 aromatic heterocycles. The standard InChI is InChI=1S/C12H24N6/c1-11-4-8-17(9-5-11)10-12-14-15-16-18(12)7-3-2-6-13/h11H,2-10,13H2,1H3. The van der Waals surface area contributed by atoms with E-state index in [1.165, 1.54) is 12.8 Å². The lowest BCUT2D eigenvalue weighted by Crippen LogP contribution is -2.33. The molecule has 2 heterocycles. The third-order valence-corrected chi connectivity index (χ3v) is 3.67. The molecule has 6 heteroatoms. The van der Waals surface area contributed by atoms with E-state index in [0.29, 0.717) is 0 Å². The third-order valence-electron chi connectivity index (χ3n) is 3.67. The Bertz CT molecular complexity index is 342. The summed E-state index contributed by atoms with van der Waals surface area (Å²) in [7, 11) is 0. The number of aryl methyl sites for hydroxylation is 1. The smallest absolute Gasteiger partial charge is 0.165 e. The monoisotopic (exact) mass is 252 g/mol. The predicted molar refractivity (Wildman–Crippen MR) is 69.8 cm³/mol. The molecule has 1 aliphatic heterocycles. The SMILES string of the molecule is CC1CCN(Cc2nnnn2CCCCN)CC1. The van der Waals surface area contributed by atoms with Crippen molar-refractivity contribution in [3.63, 3.8) is 0 Å². The molecule has 0 spiro atoms. The van der Waals surface area contributed by atoms with Gasteiger partial charge in [-0.25, -0.2) is 4.68 Å². The largest absolute Gasteiger partial charge is 0.330 e. The molecule has 18 heavy (non-hydrogen) atoms. The number of rotatable bonds is 6. The molecule has 0 saturated carbocycles. The van der Waals surface area contributed by atoms with E-state index < -0.39 is 0 Å². The molecule has 2 rings (SSSR count). The lowest BCUT2D eigenvalue weighted by Gasteiger charge is -2.29. The zero-order chi connectivity index (χ0) is 12.8. The van der Waals surface area contributed by atoms with Crippen LogP contribution in [0.3, 0.4) is 0 Å². The number of tetrazole rings is 1. The first kappa shape index (κ1) is 13.4. The van der Waals surface area contributed by atoms with Gasteiger partial charge in [0.2, 0.25) is 0 Å². The summed E-state index contributed by atoms with van der Waals surface area (Å²) in [4.78, 5) is 2.45. The number of unbranched alkanes of at least 4 members (excludes halogenated alkanes) is 1. The van der Waals surface area contributed by atoms with Crippen molar-refractivity contribution in [1.29, 1.82) is 0 Å². The molecule has 102 valence electrons. The average molecular weight is 252 g/mol. The average Bonchev–Trinajstić information content (AvgIpc) is 2.80. The van der Waals surface area contributed by atoms with Crippen LogP contribution < -0.4 is 5.73 Å². The van der Waals surface area contributed by atoms with Gasteiger partial charge in [0.25, 0.3) is 0 Å². The second kappa shape index (κ2) is 6.80. The fraction of sp³-hybridized carbons (Fsp3) is 0.917. The molecule has 1 saturated heterocycles. The fourth-order valence-corrected chi connectivity index (χ4v) is 2.34. The van der Waals surface area contributed by atoms with Crippen LogP contribution in [-0.4, -0.2) is 44.7 Å². The summed E-state index contributed by atoms with van der Waals surface area (Å²) < 4.78 is 1.92. The van der Waals surface area contributed by atoms with E-state index in [-0.39, 0.29) is 0 Å². The van der Waals surface area contributed by atoms with Crippen LogP contribution >= 0.6 is 0 Å². The number of nitrogens with zero attached hydrogens (tertiary/aromatic N) is 5. The number of piperidine rings is 1. The van der Waals surface area contributed by atoms with E-state index in [4.69, 9.17) is 5.73 Å².